The Labute approximate surface area is 129 Å². The average Bonchev–Trinajstić information content (AvgIpc) is 2.42. The molecule has 1 aromatic carbocycles. The summed E-state index contributed by atoms with van der Waals surface area (Å²) in [6, 6.07) is 5.22. The Hall–Kier alpha value is -0.610. The first-order valence-electron chi connectivity index (χ1n) is 6.90. The highest BCUT2D eigenvalue weighted by atomic mass is 35.5. The number of carbonyl (C=O) groups excluding carboxylic acids is 1. The fourth-order valence-electron chi connectivity index (χ4n) is 2.38. The second kappa shape index (κ2) is 7.41. The second-order valence-electron chi connectivity index (χ2n) is 5.04. The van der Waals surface area contributed by atoms with Gasteiger partial charge in [0.15, 0.2) is 5.78 Å². The lowest BCUT2D eigenvalue weighted by Gasteiger charge is -2.31. The van der Waals surface area contributed by atoms with Gasteiger partial charge in [-0.05, 0) is 30.7 Å². The highest BCUT2D eigenvalue weighted by Crippen LogP contribution is 2.22. The van der Waals surface area contributed by atoms with Crippen LogP contribution in [0.15, 0.2) is 18.2 Å². The first-order valence-corrected chi connectivity index (χ1v) is 7.66. The van der Waals surface area contributed by atoms with Gasteiger partial charge in [-0.2, -0.15) is 0 Å². The van der Waals surface area contributed by atoms with Gasteiger partial charge in [-0.15, -0.1) is 0 Å². The van der Waals surface area contributed by atoms with Gasteiger partial charge in [-0.3, -0.25) is 9.69 Å². The molecule has 1 aliphatic heterocycles. The number of benzene rings is 1. The summed E-state index contributed by atoms with van der Waals surface area (Å²) in [5.74, 6) is 0.0787. The molecule has 1 aromatic rings. The van der Waals surface area contributed by atoms with E-state index in [1.165, 1.54) is 0 Å². The van der Waals surface area contributed by atoms with Crippen molar-refractivity contribution >= 4 is 29.0 Å². The van der Waals surface area contributed by atoms with E-state index in [9.17, 15) is 4.79 Å². The van der Waals surface area contributed by atoms with E-state index in [2.05, 4.69) is 11.8 Å². The number of rotatable bonds is 5. The molecule has 2 rings (SSSR count). The third-order valence-electron chi connectivity index (χ3n) is 3.43. The number of ketones is 1. The van der Waals surface area contributed by atoms with Crippen LogP contribution in [0.25, 0.3) is 0 Å². The summed E-state index contributed by atoms with van der Waals surface area (Å²) >= 11 is 12.0. The van der Waals surface area contributed by atoms with E-state index in [0.29, 0.717) is 29.6 Å². The quantitative estimate of drug-likeness (QED) is 0.835. The maximum atomic E-state index is 12.3. The van der Waals surface area contributed by atoms with Crippen molar-refractivity contribution in [3.8, 4) is 0 Å². The summed E-state index contributed by atoms with van der Waals surface area (Å²) in [5, 5.41) is 1.11. The highest BCUT2D eigenvalue weighted by molar-refractivity contribution is 6.35. The van der Waals surface area contributed by atoms with Crippen molar-refractivity contribution < 1.29 is 9.53 Å². The van der Waals surface area contributed by atoms with Crippen molar-refractivity contribution in [3.05, 3.63) is 33.8 Å². The van der Waals surface area contributed by atoms with E-state index in [4.69, 9.17) is 27.9 Å². The molecule has 0 N–H and O–H groups in total. The standard InChI is InChI=1S/C15H19Cl2NO2/c1-2-5-18-6-7-20-15(10-18)14(19)8-11-3-4-12(16)9-13(11)17/h3-4,9,15H,2,5-8,10H2,1H3. The normalized spacial score (nSPS) is 20.1. The van der Waals surface area contributed by atoms with Gasteiger partial charge in [-0.1, -0.05) is 36.2 Å². The molecule has 0 radical (unpaired) electrons. The van der Waals surface area contributed by atoms with E-state index >= 15 is 0 Å². The van der Waals surface area contributed by atoms with Crippen LogP contribution in [0.3, 0.4) is 0 Å². The van der Waals surface area contributed by atoms with Crippen LogP contribution in [0.2, 0.25) is 10.0 Å². The van der Waals surface area contributed by atoms with Crippen LogP contribution in [0.4, 0.5) is 0 Å². The Morgan fingerprint density at radius 2 is 2.25 bits per heavy atom. The highest BCUT2D eigenvalue weighted by Gasteiger charge is 2.26. The number of ether oxygens (including phenoxy) is 1. The molecule has 0 spiro atoms. The molecule has 3 nitrogen and oxygen atoms in total. The van der Waals surface area contributed by atoms with E-state index in [-0.39, 0.29) is 11.9 Å². The fourth-order valence-corrected chi connectivity index (χ4v) is 2.86. The first kappa shape index (κ1) is 15.8. The SMILES string of the molecule is CCCN1CCOC(C(=O)Cc2ccc(Cl)cc2Cl)C1. The molecule has 1 aliphatic rings. The van der Waals surface area contributed by atoms with Gasteiger partial charge in [0.25, 0.3) is 0 Å². The van der Waals surface area contributed by atoms with Crippen molar-refractivity contribution in [2.24, 2.45) is 0 Å². The smallest absolute Gasteiger partial charge is 0.167 e. The lowest BCUT2D eigenvalue weighted by Crippen LogP contribution is -2.46. The predicted molar refractivity (Wildman–Crippen MR) is 81.6 cm³/mol. The van der Waals surface area contributed by atoms with Gasteiger partial charge >= 0.3 is 0 Å². The molecule has 110 valence electrons. The zero-order chi connectivity index (χ0) is 14.5. The Kier molecular flexibility index (Phi) is 5.85. The minimum atomic E-state index is -0.345. The molecule has 0 saturated carbocycles. The number of Topliss-reactive ketones (excluding diaryl/α,β-unsaturated/α-hetero) is 1. The molecule has 1 unspecified atom stereocenters. The summed E-state index contributed by atoms with van der Waals surface area (Å²) in [6.07, 6.45) is 1.03. The lowest BCUT2D eigenvalue weighted by atomic mass is 10.0. The third-order valence-corrected chi connectivity index (χ3v) is 4.02. The molecule has 5 heteroatoms. The average molecular weight is 316 g/mol. The van der Waals surface area contributed by atoms with Crippen molar-refractivity contribution in [3.63, 3.8) is 0 Å². The van der Waals surface area contributed by atoms with Gasteiger partial charge in [0, 0.05) is 29.6 Å². The van der Waals surface area contributed by atoms with Gasteiger partial charge < -0.3 is 4.74 Å². The van der Waals surface area contributed by atoms with Crippen LogP contribution in [-0.4, -0.2) is 43.0 Å². The molecule has 0 bridgehead atoms. The predicted octanol–water partition coefficient (Wildman–Crippen LogP) is 3.22. The van der Waals surface area contributed by atoms with Crippen LogP contribution < -0.4 is 0 Å². The zero-order valence-electron chi connectivity index (χ0n) is 11.6. The van der Waals surface area contributed by atoms with Gasteiger partial charge in [0.1, 0.15) is 6.10 Å². The molecular weight excluding hydrogens is 297 g/mol. The molecule has 1 saturated heterocycles. The molecular formula is C15H19Cl2NO2. The molecule has 0 aromatic heterocycles. The summed E-state index contributed by atoms with van der Waals surface area (Å²) in [6.45, 7) is 5.34. The number of morpholine rings is 1. The summed E-state index contributed by atoms with van der Waals surface area (Å²) in [5.41, 5.74) is 0.803. The Morgan fingerprint density at radius 3 is 2.95 bits per heavy atom. The zero-order valence-corrected chi connectivity index (χ0v) is 13.1. The molecule has 0 amide bonds. The summed E-state index contributed by atoms with van der Waals surface area (Å²) in [7, 11) is 0. The second-order valence-corrected chi connectivity index (χ2v) is 5.88. The number of nitrogens with zero attached hydrogens (tertiary/aromatic N) is 1. The van der Waals surface area contributed by atoms with Crippen LogP contribution >= 0.6 is 23.2 Å². The van der Waals surface area contributed by atoms with Crippen molar-refractivity contribution in [2.75, 3.05) is 26.2 Å². The van der Waals surface area contributed by atoms with Crippen LogP contribution in [0, 0.1) is 0 Å². The van der Waals surface area contributed by atoms with Gasteiger partial charge in [0.2, 0.25) is 0 Å². The summed E-state index contributed by atoms with van der Waals surface area (Å²) in [4.78, 5) is 14.6. The minimum Gasteiger partial charge on any atom is -0.368 e. The van der Waals surface area contributed by atoms with E-state index < -0.39 is 0 Å². The number of hydrogen-bond acceptors (Lipinski definition) is 3. The monoisotopic (exact) mass is 315 g/mol. The first-order chi connectivity index (χ1) is 9.60. The van der Waals surface area contributed by atoms with E-state index in [0.717, 1.165) is 25.1 Å². The summed E-state index contributed by atoms with van der Waals surface area (Å²) < 4.78 is 5.59. The molecule has 20 heavy (non-hydrogen) atoms. The number of hydrogen-bond donors (Lipinski definition) is 0. The number of halogens is 2. The largest absolute Gasteiger partial charge is 0.368 e. The fraction of sp³-hybridized carbons (Fsp3) is 0.533. The van der Waals surface area contributed by atoms with Crippen LogP contribution in [0.1, 0.15) is 18.9 Å². The van der Waals surface area contributed by atoms with Crippen molar-refractivity contribution in [1.82, 2.24) is 4.90 Å². The van der Waals surface area contributed by atoms with E-state index in [1.54, 1.807) is 18.2 Å². The maximum absolute atomic E-state index is 12.3. The topological polar surface area (TPSA) is 29.5 Å². The Balaban J connectivity index is 1.97. The molecule has 0 aliphatic carbocycles. The minimum absolute atomic E-state index is 0.0787. The Morgan fingerprint density at radius 1 is 1.45 bits per heavy atom. The van der Waals surface area contributed by atoms with Gasteiger partial charge in [-0.25, -0.2) is 0 Å². The van der Waals surface area contributed by atoms with Crippen molar-refractivity contribution in [2.45, 2.75) is 25.9 Å². The number of carbonyl (C=O) groups is 1. The van der Waals surface area contributed by atoms with Crippen LogP contribution in [0.5, 0.6) is 0 Å². The molecule has 1 atom stereocenters. The molecule has 1 heterocycles. The third kappa shape index (κ3) is 4.19. The van der Waals surface area contributed by atoms with Gasteiger partial charge in [0.05, 0.1) is 6.61 Å². The van der Waals surface area contributed by atoms with Crippen LogP contribution in [-0.2, 0) is 16.0 Å². The van der Waals surface area contributed by atoms with E-state index in [1.807, 2.05) is 0 Å². The van der Waals surface area contributed by atoms with Crippen molar-refractivity contribution in [1.29, 1.82) is 0 Å². The Bertz CT molecular complexity index is 477. The maximum Gasteiger partial charge on any atom is 0.167 e. The lowest BCUT2D eigenvalue weighted by molar-refractivity contribution is -0.135. The molecule has 1 fully saturated rings.